The van der Waals surface area contributed by atoms with Crippen LogP contribution in [0.15, 0.2) is 24.3 Å². The van der Waals surface area contributed by atoms with E-state index in [4.69, 9.17) is 0 Å². The van der Waals surface area contributed by atoms with Crippen molar-refractivity contribution in [2.24, 2.45) is 5.92 Å². The highest BCUT2D eigenvalue weighted by atomic mass is 16.4. The fourth-order valence-electron chi connectivity index (χ4n) is 2.76. The minimum absolute atomic E-state index is 0.0468. The van der Waals surface area contributed by atoms with E-state index in [0.717, 1.165) is 11.1 Å². The first-order chi connectivity index (χ1) is 9.04. The number of benzene rings is 1. The SMILES string of the molecule is CCN1C(=O)CC[C@@H](C(=O)O)[C@H]1c1ccc(C)cc1. The Morgan fingerprint density at radius 1 is 1.37 bits per heavy atom. The monoisotopic (exact) mass is 261 g/mol. The molecule has 1 heterocycles. The quantitative estimate of drug-likeness (QED) is 0.908. The number of carbonyl (C=O) groups excluding carboxylic acids is 1. The van der Waals surface area contributed by atoms with Crippen LogP contribution in [-0.4, -0.2) is 28.4 Å². The zero-order valence-electron chi connectivity index (χ0n) is 11.3. The first kappa shape index (κ1) is 13.6. The molecule has 19 heavy (non-hydrogen) atoms. The zero-order valence-corrected chi connectivity index (χ0v) is 11.3. The molecule has 0 spiro atoms. The van der Waals surface area contributed by atoms with Crippen molar-refractivity contribution in [2.75, 3.05) is 6.54 Å². The first-order valence-electron chi connectivity index (χ1n) is 6.63. The van der Waals surface area contributed by atoms with Gasteiger partial charge in [-0.15, -0.1) is 0 Å². The molecule has 1 aliphatic heterocycles. The molecule has 0 radical (unpaired) electrons. The predicted octanol–water partition coefficient (Wildman–Crippen LogP) is 2.38. The van der Waals surface area contributed by atoms with E-state index < -0.39 is 11.9 Å². The van der Waals surface area contributed by atoms with Crippen LogP contribution in [0.1, 0.15) is 36.9 Å². The van der Waals surface area contributed by atoms with Crippen LogP contribution in [0.2, 0.25) is 0 Å². The van der Waals surface area contributed by atoms with E-state index in [9.17, 15) is 14.7 Å². The number of carbonyl (C=O) groups is 2. The summed E-state index contributed by atoms with van der Waals surface area (Å²) in [4.78, 5) is 25.1. The Kier molecular flexibility index (Phi) is 3.88. The van der Waals surface area contributed by atoms with Gasteiger partial charge in [-0.25, -0.2) is 0 Å². The maximum Gasteiger partial charge on any atom is 0.308 e. The van der Waals surface area contributed by atoms with Crippen molar-refractivity contribution >= 4 is 11.9 Å². The normalized spacial score (nSPS) is 23.5. The second-order valence-electron chi connectivity index (χ2n) is 5.02. The van der Waals surface area contributed by atoms with Crippen LogP contribution in [0.25, 0.3) is 0 Å². The first-order valence-corrected chi connectivity index (χ1v) is 6.63. The Hall–Kier alpha value is -1.84. The summed E-state index contributed by atoms with van der Waals surface area (Å²) >= 11 is 0. The molecule has 0 unspecified atom stereocenters. The summed E-state index contributed by atoms with van der Waals surface area (Å²) in [7, 11) is 0. The fraction of sp³-hybridized carbons (Fsp3) is 0.467. The van der Waals surface area contributed by atoms with Gasteiger partial charge in [0.25, 0.3) is 0 Å². The van der Waals surface area contributed by atoms with Gasteiger partial charge in [0.1, 0.15) is 0 Å². The van der Waals surface area contributed by atoms with Crippen LogP contribution in [-0.2, 0) is 9.59 Å². The molecule has 1 N–H and O–H groups in total. The van der Waals surface area contributed by atoms with Crippen LogP contribution in [0.4, 0.5) is 0 Å². The Balaban J connectivity index is 2.40. The standard InChI is InChI=1S/C15H19NO3/c1-3-16-13(17)9-8-12(15(18)19)14(16)11-6-4-10(2)5-7-11/h4-7,12,14H,3,8-9H2,1-2H3,(H,18,19)/t12-,14-/m1/s1. The highest BCUT2D eigenvalue weighted by Gasteiger charge is 2.39. The molecule has 1 amide bonds. The molecule has 2 rings (SSSR count). The van der Waals surface area contributed by atoms with Crippen molar-refractivity contribution in [2.45, 2.75) is 32.7 Å². The van der Waals surface area contributed by atoms with E-state index >= 15 is 0 Å². The molecule has 1 aromatic carbocycles. The lowest BCUT2D eigenvalue weighted by molar-refractivity contribution is -0.151. The van der Waals surface area contributed by atoms with Crippen LogP contribution < -0.4 is 0 Å². The topological polar surface area (TPSA) is 57.6 Å². The van der Waals surface area contributed by atoms with Crippen molar-refractivity contribution in [3.8, 4) is 0 Å². The number of amides is 1. The Morgan fingerprint density at radius 2 is 2.00 bits per heavy atom. The van der Waals surface area contributed by atoms with Crippen molar-refractivity contribution in [1.29, 1.82) is 0 Å². The lowest BCUT2D eigenvalue weighted by Crippen LogP contribution is -2.45. The number of piperidine rings is 1. The van der Waals surface area contributed by atoms with E-state index in [1.165, 1.54) is 0 Å². The molecule has 1 aromatic rings. The fourth-order valence-corrected chi connectivity index (χ4v) is 2.76. The van der Waals surface area contributed by atoms with Crippen molar-refractivity contribution in [3.63, 3.8) is 0 Å². The van der Waals surface area contributed by atoms with Gasteiger partial charge in [0.2, 0.25) is 5.91 Å². The molecule has 0 bridgehead atoms. The molecule has 0 aromatic heterocycles. The molecule has 1 fully saturated rings. The summed E-state index contributed by atoms with van der Waals surface area (Å²) in [6, 6.07) is 7.43. The van der Waals surface area contributed by atoms with Crippen molar-refractivity contribution in [3.05, 3.63) is 35.4 Å². The maximum absolute atomic E-state index is 12.0. The number of likely N-dealkylation sites (tertiary alicyclic amines) is 1. The van der Waals surface area contributed by atoms with Gasteiger partial charge in [-0.3, -0.25) is 9.59 Å². The number of hydrogen-bond acceptors (Lipinski definition) is 2. The number of hydrogen-bond donors (Lipinski definition) is 1. The summed E-state index contributed by atoms with van der Waals surface area (Å²) in [5.41, 5.74) is 2.04. The lowest BCUT2D eigenvalue weighted by atomic mass is 9.84. The van der Waals surface area contributed by atoms with Gasteiger partial charge < -0.3 is 10.0 Å². The van der Waals surface area contributed by atoms with E-state index in [0.29, 0.717) is 19.4 Å². The van der Waals surface area contributed by atoms with Crippen molar-refractivity contribution in [1.82, 2.24) is 4.90 Å². The Bertz CT molecular complexity index is 479. The average molecular weight is 261 g/mol. The molecule has 0 saturated carbocycles. The molecule has 4 heteroatoms. The lowest BCUT2D eigenvalue weighted by Gasteiger charge is -2.39. The second-order valence-corrected chi connectivity index (χ2v) is 5.02. The van der Waals surface area contributed by atoms with E-state index in [1.807, 2.05) is 38.1 Å². The summed E-state index contributed by atoms with van der Waals surface area (Å²) in [5.74, 6) is -1.29. The Morgan fingerprint density at radius 3 is 2.53 bits per heavy atom. The van der Waals surface area contributed by atoms with E-state index in [1.54, 1.807) is 4.90 Å². The number of carboxylic acid groups (broad SMARTS) is 1. The summed E-state index contributed by atoms with van der Waals surface area (Å²) < 4.78 is 0. The summed E-state index contributed by atoms with van der Waals surface area (Å²) in [5, 5.41) is 9.39. The van der Waals surface area contributed by atoms with Gasteiger partial charge in [0.05, 0.1) is 12.0 Å². The van der Waals surface area contributed by atoms with Gasteiger partial charge in [0, 0.05) is 13.0 Å². The molecule has 1 saturated heterocycles. The number of aryl methyl sites for hydroxylation is 1. The smallest absolute Gasteiger partial charge is 0.308 e. The zero-order chi connectivity index (χ0) is 14.0. The molecule has 102 valence electrons. The third kappa shape index (κ3) is 2.62. The molecular formula is C15H19NO3. The third-order valence-corrected chi connectivity index (χ3v) is 3.78. The highest BCUT2D eigenvalue weighted by Crippen LogP contribution is 2.36. The van der Waals surface area contributed by atoms with Gasteiger partial charge >= 0.3 is 5.97 Å². The van der Waals surface area contributed by atoms with Crippen molar-refractivity contribution < 1.29 is 14.7 Å². The molecule has 0 aliphatic carbocycles. The van der Waals surface area contributed by atoms with E-state index in [-0.39, 0.29) is 11.9 Å². The minimum Gasteiger partial charge on any atom is -0.481 e. The van der Waals surface area contributed by atoms with Gasteiger partial charge in [-0.1, -0.05) is 29.8 Å². The van der Waals surface area contributed by atoms with Gasteiger partial charge in [-0.05, 0) is 25.8 Å². The van der Waals surface area contributed by atoms with Gasteiger partial charge in [-0.2, -0.15) is 0 Å². The summed E-state index contributed by atoms with van der Waals surface area (Å²) in [6.07, 6.45) is 0.746. The van der Waals surface area contributed by atoms with Crippen LogP contribution in [0, 0.1) is 12.8 Å². The van der Waals surface area contributed by atoms with Gasteiger partial charge in [0.15, 0.2) is 0 Å². The van der Waals surface area contributed by atoms with Crippen LogP contribution in [0.5, 0.6) is 0 Å². The molecule has 4 nitrogen and oxygen atoms in total. The number of nitrogens with zero attached hydrogens (tertiary/aromatic N) is 1. The molecule has 2 atom stereocenters. The second kappa shape index (κ2) is 5.43. The summed E-state index contributed by atoms with van der Waals surface area (Å²) in [6.45, 7) is 4.42. The largest absolute Gasteiger partial charge is 0.481 e. The number of carboxylic acids is 1. The van der Waals surface area contributed by atoms with E-state index in [2.05, 4.69) is 0 Å². The van der Waals surface area contributed by atoms with Crippen LogP contribution >= 0.6 is 0 Å². The third-order valence-electron chi connectivity index (χ3n) is 3.78. The molecular weight excluding hydrogens is 242 g/mol. The highest BCUT2D eigenvalue weighted by molar-refractivity contribution is 5.81. The number of rotatable bonds is 3. The number of aliphatic carboxylic acids is 1. The molecule has 1 aliphatic rings. The maximum atomic E-state index is 12.0. The average Bonchev–Trinajstić information content (AvgIpc) is 2.39. The Labute approximate surface area is 113 Å². The van der Waals surface area contributed by atoms with Crippen LogP contribution in [0.3, 0.4) is 0 Å². The minimum atomic E-state index is -0.823. The predicted molar refractivity (Wildman–Crippen MR) is 71.7 cm³/mol.